The summed E-state index contributed by atoms with van der Waals surface area (Å²) in [5.41, 5.74) is 1.31. The second-order valence-corrected chi connectivity index (χ2v) is 5.94. The summed E-state index contributed by atoms with van der Waals surface area (Å²) in [6, 6.07) is 13.7. The van der Waals surface area contributed by atoms with E-state index in [1.54, 1.807) is 62.6 Å². The molecule has 1 N–H and O–H groups in total. The van der Waals surface area contributed by atoms with Crippen LogP contribution in [0.3, 0.4) is 0 Å². The lowest BCUT2D eigenvalue weighted by atomic mass is 10.1. The number of methoxy groups -OCH3 is 1. The zero-order valence-corrected chi connectivity index (χ0v) is 16.2. The lowest BCUT2D eigenvalue weighted by Gasteiger charge is -2.23. The molecule has 0 saturated heterocycles. The monoisotopic (exact) mass is 384 g/mol. The van der Waals surface area contributed by atoms with Gasteiger partial charge in [-0.1, -0.05) is 18.2 Å². The zero-order valence-electron chi connectivity index (χ0n) is 16.2. The first-order valence-electron chi connectivity index (χ1n) is 8.94. The maximum Gasteiger partial charge on any atom is 0.340 e. The van der Waals surface area contributed by atoms with Crippen LogP contribution < -0.4 is 15.0 Å². The molecule has 0 aromatic heterocycles. The van der Waals surface area contributed by atoms with E-state index in [-0.39, 0.29) is 37.0 Å². The lowest BCUT2D eigenvalue weighted by molar-refractivity contribution is -0.117. The predicted molar refractivity (Wildman–Crippen MR) is 107 cm³/mol. The highest BCUT2D eigenvalue weighted by molar-refractivity contribution is 6.02. The summed E-state index contributed by atoms with van der Waals surface area (Å²) < 4.78 is 10.2. The van der Waals surface area contributed by atoms with Gasteiger partial charge in [-0.3, -0.25) is 9.59 Å². The molecule has 148 valence electrons. The molecule has 0 aliphatic carbocycles. The summed E-state index contributed by atoms with van der Waals surface area (Å²) in [6.45, 7) is 3.46. The van der Waals surface area contributed by atoms with Crippen LogP contribution in [0.4, 0.5) is 11.4 Å². The van der Waals surface area contributed by atoms with Gasteiger partial charge in [-0.15, -0.1) is 0 Å². The fourth-order valence-electron chi connectivity index (χ4n) is 2.68. The van der Waals surface area contributed by atoms with Crippen molar-refractivity contribution >= 4 is 29.2 Å². The van der Waals surface area contributed by atoms with Crippen LogP contribution in [0.5, 0.6) is 5.75 Å². The molecule has 2 rings (SSSR count). The van der Waals surface area contributed by atoms with Gasteiger partial charge in [0.15, 0.2) is 0 Å². The van der Waals surface area contributed by atoms with Gasteiger partial charge in [0.2, 0.25) is 11.8 Å². The van der Waals surface area contributed by atoms with Crippen LogP contribution in [-0.4, -0.2) is 38.0 Å². The minimum atomic E-state index is -0.509. The molecule has 0 aliphatic rings. The van der Waals surface area contributed by atoms with Gasteiger partial charge < -0.3 is 19.7 Å². The summed E-state index contributed by atoms with van der Waals surface area (Å²) in [6.07, 6.45) is 0.0634. The Bertz CT molecular complexity index is 850. The molecule has 0 saturated carbocycles. The molecule has 0 unspecified atom stereocenters. The van der Waals surface area contributed by atoms with Gasteiger partial charge in [-0.05, 0) is 31.2 Å². The summed E-state index contributed by atoms with van der Waals surface area (Å²) in [5.74, 6) is -0.407. The Morgan fingerprint density at radius 2 is 1.82 bits per heavy atom. The topological polar surface area (TPSA) is 84.9 Å². The first-order valence-corrected chi connectivity index (χ1v) is 8.94. The number of hydrogen-bond donors (Lipinski definition) is 1. The van der Waals surface area contributed by atoms with Gasteiger partial charge in [0.1, 0.15) is 5.75 Å². The number of rotatable bonds is 8. The van der Waals surface area contributed by atoms with Crippen molar-refractivity contribution in [3.63, 3.8) is 0 Å². The Balaban J connectivity index is 2.10. The molecule has 0 radical (unpaired) electrons. The predicted octanol–water partition coefficient (Wildman–Crippen LogP) is 3.25. The van der Waals surface area contributed by atoms with Crippen LogP contribution in [0, 0.1) is 0 Å². The average molecular weight is 384 g/mol. The van der Waals surface area contributed by atoms with E-state index in [0.717, 1.165) is 0 Å². The summed E-state index contributed by atoms with van der Waals surface area (Å²) in [7, 11) is 1.55. The summed E-state index contributed by atoms with van der Waals surface area (Å²) >= 11 is 0. The van der Waals surface area contributed by atoms with Gasteiger partial charge in [-0.2, -0.15) is 0 Å². The second-order valence-electron chi connectivity index (χ2n) is 5.94. The molecule has 0 fully saturated rings. The van der Waals surface area contributed by atoms with Crippen LogP contribution in [0.2, 0.25) is 0 Å². The van der Waals surface area contributed by atoms with Crippen molar-refractivity contribution in [2.75, 3.05) is 30.5 Å². The molecule has 0 spiro atoms. The Labute approximate surface area is 164 Å². The standard InChI is InChI=1S/C21H24N2O5/c1-4-28-21(26)18-10-5-6-11-19(18)23(15(2)24)13-12-20(25)22-16-8-7-9-17(14-16)27-3/h5-11,14H,4,12-13H2,1-3H3,(H,22,25). The van der Waals surface area contributed by atoms with Crippen molar-refractivity contribution < 1.29 is 23.9 Å². The molecule has 0 atom stereocenters. The third kappa shape index (κ3) is 5.57. The minimum absolute atomic E-state index is 0.0634. The van der Waals surface area contributed by atoms with Crippen molar-refractivity contribution in [3.8, 4) is 5.75 Å². The quantitative estimate of drug-likeness (QED) is 0.706. The van der Waals surface area contributed by atoms with Gasteiger partial charge in [-0.25, -0.2) is 4.79 Å². The number of carbonyl (C=O) groups is 3. The maximum atomic E-state index is 12.3. The first-order chi connectivity index (χ1) is 13.5. The van der Waals surface area contributed by atoms with Crippen LogP contribution in [0.25, 0.3) is 0 Å². The Morgan fingerprint density at radius 3 is 2.50 bits per heavy atom. The van der Waals surface area contributed by atoms with E-state index in [4.69, 9.17) is 9.47 Å². The number of carbonyl (C=O) groups excluding carboxylic acids is 3. The fourth-order valence-corrected chi connectivity index (χ4v) is 2.68. The highest BCUT2D eigenvalue weighted by Crippen LogP contribution is 2.22. The third-order valence-electron chi connectivity index (χ3n) is 3.99. The largest absolute Gasteiger partial charge is 0.497 e. The van der Waals surface area contributed by atoms with Crippen molar-refractivity contribution in [2.45, 2.75) is 20.3 Å². The maximum absolute atomic E-state index is 12.3. The SMILES string of the molecule is CCOC(=O)c1ccccc1N(CCC(=O)Nc1cccc(OC)c1)C(C)=O. The molecular formula is C21H24N2O5. The minimum Gasteiger partial charge on any atom is -0.497 e. The Kier molecular flexibility index (Phi) is 7.56. The van der Waals surface area contributed by atoms with Crippen molar-refractivity contribution in [1.29, 1.82) is 0 Å². The molecule has 28 heavy (non-hydrogen) atoms. The zero-order chi connectivity index (χ0) is 20.5. The Hall–Kier alpha value is -3.35. The van der Waals surface area contributed by atoms with Crippen LogP contribution in [0.1, 0.15) is 30.6 Å². The molecule has 2 amide bonds. The number of amides is 2. The summed E-state index contributed by atoms with van der Waals surface area (Å²) in [4.78, 5) is 38.0. The van der Waals surface area contributed by atoms with E-state index >= 15 is 0 Å². The molecule has 2 aromatic rings. The highest BCUT2D eigenvalue weighted by atomic mass is 16.5. The average Bonchev–Trinajstić information content (AvgIpc) is 2.68. The second kappa shape index (κ2) is 10.1. The van der Waals surface area contributed by atoms with Crippen LogP contribution in [0.15, 0.2) is 48.5 Å². The van der Waals surface area contributed by atoms with E-state index in [1.165, 1.54) is 11.8 Å². The van der Waals surface area contributed by atoms with Crippen molar-refractivity contribution in [2.24, 2.45) is 0 Å². The van der Waals surface area contributed by atoms with Crippen LogP contribution in [-0.2, 0) is 14.3 Å². The van der Waals surface area contributed by atoms with Gasteiger partial charge in [0.05, 0.1) is 25.0 Å². The molecule has 0 bridgehead atoms. The van der Waals surface area contributed by atoms with Crippen LogP contribution >= 0.6 is 0 Å². The molecule has 0 heterocycles. The number of anilines is 2. The lowest BCUT2D eigenvalue weighted by Crippen LogP contribution is -2.33. The summed E-state index contributed by atoms with van der Waals surface area (Å²) in [5, 5.41) is 2.77. The molecule has 2 aromatic carbocycles. The van der Waals surface area contributed by atoms with E-state index < -0.39 is 5.97 Å². The first kappa shape index (κ1) is 21.0. The molecule has 0 aliphatic heterocycles. The third-order valence-corrected chi connectivity index (χ3v) is 3.99. The molecule has 7 nitrogen and oxygen atoms in total. The number of esters is 1. The van der Waals surface area contributed by atoms with E-state index in [0.29, 0.717) is 17.1 Å². The highest BCUT2D eigenvalue weighted by Gasteiger charge is 2.20. The molecular weight excluding hydrogens is 360 g/mol. The number of hydrogen-bond acceptors (Lipinski definition) is 5. The smallest absolute Gasteiger partial charge is 0.340 e. The van der Waals surface area contributed by atoms with E-state index in [9.17, 15) is 14.4 Å². The number of nitrogens with one attached hydrogen (secondary N) is 1. The number of para-hydroxylation sites is 1. The van der Waals surface area contributed by atoms with Crippen molar-refractivity contribution in [1.82, 2.24) is 0 Å². The number of ether oxygens (including phenoxy) is 2. The normalized spacial score (nSPS) is 10.1. The number of nitrogens with zero attached hydrogens (tertiary/aromatic N) is 1. The number of benzene rings is 2. The van der Waals surface area contributed by atoms with Gasteiger partial charge in [0, 0.05) is 31.6 Å². The van der Waals surface area contributed by atoms with E-state index in [1.807, 2.05) is 0 Å². The van der Waals surface area contributed by atoms with Crippen molar-refractivity contribution in [3.05, 3.63) is 54.1 Å². The van der Waals surface area contributed by atoms with Gasteiger partial charge in [0.25, 0.3) is 0 Å². The Morgan fingerprint density at radius 1 is 1.07 bits per heavy atom. The fraction of sp³-hybridized carbons (Fsp3) is 0.286. The van der Waals surface area contributed by atoms with E-state index in [2.05, 4.69) is 5.32 Å². The van der Waals surface area contributed by atoms with Gasteiger partial charge >= 0.3 is 5.97 Å². The molecule has 7 heteroatoms.